The SMILES string of the molecule is CC(C)CC(C)N1CCN(C(=NCc2ccccc2)Nc2cccc(C(=O)O)c2)CC1.O=C(O)C(F)(F)F. The predicted octanol–water partition coefficient (Wildman–Crippen LogP) is 5.04. The topological polar surface area (TPSA) is 105 Å². The molecule has 1 unspecified atom stereocenters. The van der Waals surface area contributed by atoms with Crippen LogP contribution in [0.4, 0.5) is 18.9 Å². The molecular weight excluding hydrogens is 501 g/mol. The van der Waals surface area contributed by atoms with Gasteiger partial charge in [0.2, 0.25) is 0 Å². The van der Waals surface area contributed by atoms with Crippen molar-refractivity contribution >= 4 is 23.6 Å². The number of hydrogen-bond acceptors (Lipinski definition) is 4. The number of nitrogens with zero attached hydrogens (tertiary/aromatic N) is 3. The third-order valence-corrected chi connectivity index (χ3v) is 5.91. The molecule has 1 aliphatic heterocycles. The van der Waals surface area contributed by atoms with Crippen molar-refractivity contribution in [3.05, 3.63) is 65.7 Å². The Morgan fingerprint density at radius 2 is 1.58 bits per heavy atom. The van der Waals surface area contributed by atoms with E-state index in [1.165, 1.54) is 6.42 Å². The summed E-state index contributed by atoms with van der Waals surface area (Å²) in [5.74, 6) is -2.20. The maximum Gasteiger partial charge on any atom is 0.490 e. The maximum atomic E-state index is 11.4. The highest BCUT2D eigenvalue weighted by Crippen LogP contribution is 2.17. The summed E-state index contributed by atoms with van der Waals surface area (Å²) in [6.07, 6.45) is -3.88. The van der Waals surface area contributed by atoms with Crippen molar-refractivity contribution in [3.8, 4) is 0 Å². The molecule has 1 atom stereocenters. The van der Waals surface area contributed by atoms with Crippen molar-refractivity contribution in [3.63, 3.8) is 0 Å². The zero-order valence-electron chi connectivity index (χ0n) is 21.8. The van der Waals surface area contributed by atoms with E-state index < -0.39 is 18.1 Å². The Morgan fingerprint density at radius 1 is 0.974 bits per heavy atom. The van der Waals surface area contributed by atoms with Crippen LogP contribution in [0.3, 0.4) is 0 Å². The van der Waals surface area contributed by atoms with E-state index in [9.17, 15) is 23.1 Å². The average molecular weight is 537 g/mol. The van der Waals surface area contributed by atoms with E-state index in [0.29, 0.717) is 18.5 Å². The summed E-state index contributed by atoms with van der Waals surface area (Å²) in [4.78, 5) is 29.9. The van der Waals surface area contributed by atoms with Gasteiger partial charge in [0.15, 0.2) is 5.96 Å². The number of rotatable bonds is 7. The molecule has 2 aromatic rings. The molecule has 3 rings (SSSR count). The highest BCUT2D eigenvalue weighted by atomic mass is 19.4. The first-order valence-corrected chi connectivity index (χ1v) is 12.3. The van der Waals surface area contributed by atoms with Crippen molar-refractivity contribution in [2.24, 2.45) is 10.9 Å². The van der Waals surface area contributed by atoms with Crippen LogP contribution in [0.5, 0.6) is 0 Å². The van der Waals surface area contributed by atoms with Gasteiger partial charge in [-0.05, 0) is 43.0 Å². The second kappa shape index (κ2) is 14.4. The van der Waals surface area contributed by atoms with Crippen molar-refractivity contribution in [2.75, 3.05) is 31.5 Å². The minimum atomic E-state index is -5.08. The van der Waals surface area contributed by atoms with Gasteiger partial charge in [-0.25, -0.2) is 14.6 Å². The molecule has 1 aliphatic rings. The van der Waals surface area contributed by atoms with Crippen LogP contribution in [0.2, 0.25) is 0 Å². The maximum absolute atomic E-state index is 11.4. The molecule has 11 heteroatoms. The summed E-state index contributed by atoms with van der Waals surface area (Å²) >= 11 is 0. The molecule has 0 saturated carbocycles. The molecule has 1 fully saturated rings. The van der Waals surface area contributed by atoms with Gasteiger partial charge in [0.05, 0.1) is 12.1 Å². The zero-order chi connectivity index (χ0) is 28.3. The molecule has 8 nitrogen and oxygen atoms in total. The fourth-order valence-corrected chi connectivity index (χ4v) is 4.03. The molecule has 2 aromatic carbocycles. The van der Waals surface area contributed by atoms with E-state index in [2.05, 4.69) is 48.0 Å². The largest absolute Gasteiger partial charge is 0.490 e. The summed E-state index contributed by atoms with van der Waals surface area (Å²) < 4.78 is 31.7. The molecule has 0 aliphatic carbocycles. The van der Waals surface area contributed by atoms with Gasteiger partial charge >= 0.3 is 18.1 Å². The van der Waals surface area contributed by atoms with Crippen LogP contribution in [-0.4, -0.2) is 76.3 Å². The van der Waals surface area contributed by atoms with E-state index in [4.69, 9.17) is 14.9 Å². The number of anilines is 1. The highest BCUT2D eigenvalue weighted by molar-refractivity contribution is 5.95. The van der Waals surface area contributed by atoms with E-state index >= 15 is 0 Å². The van der Waals surface area contributed by atoms with Crippen LogP contribution in [-0.2, 0) is 11.3 Å². The third kappa shape index (κ3) is 10.4. The van der Waals surface area contributed by atoms with Gasteiger partial charge in [-0.15, -0.1) is 0 Å². The fourth-order valence-electron chi connectivity index (χ4n) is 4.03. The zero-order valence-corrected chi connectivity index (χ0v) is 21.8. The first kappa shape index (κ1) is 30.6. The molecule has 0 spiro atoms. The minimum Gasteiger partial charge on any atom is -0.478 e. The van der Waals surface area contributed by atoms with Crippen LogP contribution in [0, 0.1) is 5.92 Å². The Labute approximate surface area is 220 Å². The number of piperazine rings is 1. The number of benzene rings is 2. The normalized spacial score (nSPS) is 15.4. The van der Waals surface area contributed by atoms with Gasteiger partial charge in [-0.1, -0.05) is 50.2 Å². The molecule has 0 radical (unpaired) electrons. The summed E-state index contributed by atoms with van der Waals surface area (Å²) in [7, 11) is 0. The number of carbonyl (C=O) groups is 2. The molecule has 38 heavy (non-hydrogen) atoms. The van der Waals surface area contributed by atoms with Gasteiger partial charge in [-0.3, -0.25) is 4.90 Å². The lowest BCUT2D eigenvalue weighted by atomic mass is 10.0. The smallest absolute Gasteiger partial charge is 0.478 e. The predicted molar refractivity (Wildman–Crippen MR) is 140 cm³/mol. The lowest BCUT2D eigenvalue weighted by molar-refractivity contribution is -0.192. The van der Waals surface area contributed by atoms with Crippen LogP contribution < -0.4 is 5.32 Å². The Kier molecular flexibility index (Phi) is 11.6. The number of carboxylic acids is 2. The van der Waals surface area contributed by atoms with Crippen LogP contribution in [0.1, 0.15) is 43.1 Å². The second-order valence-corrected chi connectivity index (χ2v) is 9.44. The Hall–Kier alpha value is -3.60. The van der Waals surface area contributed by atoms with Crippen molar-refractivity contribution in [1.29, 1.82) is 0 Å². The highest BCUT2D eigenvalue weighted by Gasteiger charge is 2.38. The number of nitrogens with one attached hydrogen (secondary N) is 1. The molecule has 1 saturated heterocycles. The van der Waals surface area contributed by atoms with E-state index in [1.54, 1.807) is 18.2 Å². The number of hydrogen-bond donors (Lipinski definition) is 3. The van der Waals surface area contributed by atoms with Gasteiger partial charge in [0.25, 0.3) is 0 Å². The number of aliphatic carboxylic acids is 1. The van der Waals surface area contributed by atoms with Crippen LogP contribution >= 0.6 is 0 Å². The number of guanidine groups is 1. The van der Waals surface area contributed by atoms with Crippen molar-refractivity contribution in [1.82, 2.24) is 9.80 Å². The minimum absolute atomic E-state index is 0.264. The summed E-state index contributed by atoms with van der Waals surface area (Å²) in [6.45, 7) is 11.2. The Morgan fingerprint density at radius 3 is 2.11 bits per heavy atom. The first-order valence-electron chi connectivity index (χ1n) is 12.3. The third-order valence-electron chi connectivity index (χ3n) is 5.91. The van der Waals surface area contributed by atoms with E-state index in [-0.39, 0.29) is 5.56 Å². The number of alkyl halides is 3. The number of halogens is 3. The molecule has 1 heterocycles. The van der Waals surface area contributed by atoms with E-state index in [1.807, 2.05) is 24.3 Å². The van der Waals surface area contributed by atoms with Crippen molar-refractivity contribution < 1.29 is 33.0 Å². The van der Waals surface area contributed by atoms with Gasteiger partial charge in [-0.2, -0.15) is 13.2 Å². The summed E-state index contributed by atoms with van der Waals surface area (Å²) in [5.41, 5.74) is 2.15. The van der Waals surface area contributed by atoms with Crippen molar-refractivity contribution in [2.45, 2.75) is 46.0 Å². The first-order chi connectivity index (χ1) is 17.9. The fraction of sp³-hybridized carbons (Fsp3) is 0.444. The summed E-state index contributed by atoms with van der Waals surface area (Å²) in [5, 5.41) is 19.8. The monoisotopic (exact) mass is 536 g/mol. The van der Waals surface area contributed by atoms with Gasteiger partial charge in [0.1, 0.15) is 0 Å². The average Bonchev–Trinajstić information content (AvgIpc) is 2.87. The standard InChI is InChI=1S/C25H34N4O2.C2HF3O2/c1-19(2)16-20(3)28-12-14-29(15-13-28)25(26-18-21-8-5-4-6-9-21)27-23-11-7-10-22(17-23)24(30)31;3-2(4,5)1(6)7/h4-11,17,19-20H,12-16,18H2,1-3H3,(H,26,27)(H,30,31);(H,6,7). The molecular formula is C27H35F3N4O4. The molecule has 0 amide bonds. The quantitative estimate of drug-likeness (QED) is 0.336. The molecule has 208 valence electrons. The number of carboxylic acid groups (broad SMARTS) is 2. The lowest BCUT2D eigenvalue weighted by Crippen LogP contribution is -2.53. The summed E-state index contributed by atoms with van der Waals surface area (Å²) in [6, 6.07) is 17.6. The Bertz CT molecular complexity index is 1070. The molecule has 3 N–H and O–H groups in total. The Balaban J connectivity index is 0.000000638. The van der Waals surface area contributed by atoms with E-state index in [0.717, 1.165) is 43.4 Å². The number of aliphatic imine (C=N–C) groups is 1. The van der Waals surface area contributed by atoms with Gasteiger partial charge < -0.3 is 20.4 Å². The van der Waals surface area contributed by atoms with Gasteiger partial charge in [0, 0.05) is 37.9 Å². The molecule has 0 aromatic heterocycles. The lowest BCUT2D eigenvalue weighted by Gasteiger charge is -2.40. The van der Waals surface area contributed by atoms with Crippen LogP contribution in [0.15, 0.2) is 59.6 Å². The number of aromatic carboxylic acids is 1. The molecule has 0 bridgehead atoms. The van der Waals surface area contributed by atoms with Crippen LogP contribution in [0.25, 0.3) is 0 Å². The second-order valence-electron chi connectivity index (χ2n) is 9.44.